The second kappa shape index (κ2) is 7.72. The summed E-state index contributed by atoms with van der Waals surface area (Å²) in [5.41, 5.74) is 3.84. The lowest BCUT2D eigenvalue weighted by Crippen LogP contribution is -1.90. The standard InChI is InChI=1S/C17H17NO2S/c1-20-17-7-6-15(8-16(17)9-18)12-21-11-14-4-2-13(10-19)3-5-14/h2-8,19H,10-12H2,1H3. The van der Waals surface area contributed by atoms with Crippen LogP contribution in [-0.2, 0) is 18.1 Å². The maximum atomic E-state index is 9.07. The van der Waals surface area contributed by atoms with Crippen LogP contribution in [0.5, 0.6) is 5.75 Å². The van der Waals surface area contributed by atoms with Crippen molar-refractivity contribution in [3.8, 4) is 11.8 Å². The fraction of sp³-hybridized carbons (Fsp3) is 0.235. The molecule has 2 aromatic rings. The van der Waals surface area contributed by atoms with Crippen molar-refractivity contribution in [1.82, 2.24) is 0 Å². The van der Waals surface area contributed by atoms with Crippen molar-refractivity contribution in [1.29, 1.82) is 5.26 Å². The normalized spacial score (nSPS) is 10.1. The summed E-state index contributed by atoms with van der Waals surface area (Å²) in [6.45, 7) is 0.0796. The lowest BCUT2D eigenvalue weighted by atomic mass is 10.1. The zero-order chi connectivity index (χ0) is 15.1. The Morgan fingerprint density at radius 1 is 1.05 bits per heavy atom. The van der Waals surface area contributed by atoms with Crippen molar-refractivity contribution >= 4 is 11.8 Å². The van der Waals surface area contributed by atoms with Gasteiger partial charge in [0.05, 0.1) is 19.3 Å². The van der Waals surface area contributed by atoms with Crippen LogP contribution in [0.1, 0.15) is 22.3 Å². The molecule has 0 atom stereocenters. The number of ether oxygens (including phenoxy) is 1. The van der Waals surface area contributed by atoms with Gasteiger partial charge in [0.25, 0.3) is 0 Å². The van der Waals surface area contributed by atoms with Crippen LogP contribution in [0.25, 0.3) is 0 Å². The van der Waals surface area contributed by atoms with Gasteiger partial charge in [-0.25, -0.2) is 0 Å². The van der Waals surface area contributed by atoms with E-state index in [1.807, 2.05) is 42.5 Å². The number of hydrogen-bond donors (Lipinski definition) is 1. The Kier molecular flexibility index (Phi) is 5.68. The molecule has 0 amide bonds. The summed E-state index contributed by atoms with van der Waals surface area (Å²) in [6.07, 6.45) is 0. The van der Waals surface area contributed by atoms with Crippen molar-refractivity contribution in [3.63, 3.8) is 0 Å². The summed E-state index contributed by atoms with van der Waals surface area (Å²) in [6, 6.07) is 15.8. The summed E-state index contributed by atoms with van der Waals surface area (Å²) in [5.74, 6) is 2.37. The lowest BCUT2D eigenvalue weighted by molar-refractivity contribution is 0.282. The first-order valence-electron chi connectivity index (χ1n) is 6.60. The van der Waals surface area contributed by atoms with E-state index < -0.39 is 0 Å². The van der Waals surface area contributed by atoms with Crippen molar-refractivity contribution in [2.24, 2.45) is 0 Å². The van der Waals surface area contributed by atoms with Crippen molar-refractivity contribution < 1.29 is 9.84 Å². The quantitative estimate of drug-likeness (QED) is 0.887. The fourth-order valence-corrected chi connectivity index (χ4v) is 2.91. The van der Waals surface area contributed by atoms with E-state index in [0.29, 0.717) is 11.3 Å². The lowest BCUT2D eigenvalue weighted by Gasteiger charge is -2.06. The van der Waals surface area contributed by atoms with Crippen LogP contribution < -0.4 is 4.74 Å². The molecule has 2 rings (SSSR count). The van der Waals surface area contributed by atoms with Crippen molar-refractivity contribution in [2.75, 3.05) is 7.11 Å². The van der Waals surface area contributed by atoms with Crippen LogP contribution in [0.3, 0.4) is 0 Å². The minimum atomic E-state index is 0.0796. The Balaban J connectivity index is 1.92. The molecule has 0 heterocycles. The van der Waals surface area contributed by atoms with Gasteiger partial charge in [-0.1, -0.05) is 30.3 Å². The first kappa shape index (κ1) is 15.4. The fourth-order valence-electron chi connectivity index (χ4n) is 1.96. The van der Waals surface area contributed by atoms with Gasteiger partial charge in [0.15, 0.2) is 0 Å². The first-order valence-corrected chi connectivity index (χ1v) is 7.75. The summed E-state index contributed by atoms with van der Waals surface area (Å²) >= 11 is 1.79. The zero-order valence-corrected chi connectivity index (χ0v) is 12.7. The molecule has 0 saturated carbocycles. The molecule has 108 valence electrons. The van der Waals surface area contributed by atoms with Crippen molar-refractivity contribution in [3.05, 3.63) is 64.7 Å². The largest absolute Gasteiger partial charge is 0.495 e. The third-order valence-corrected chi connectivity index (χ3v) is 4.20. The molecular formula is C17H17NO2S. The number of benzene rings is 2. The van der Waals surface area contributed by atoms with Gasteiger partial charge in [0, 0.05) is 11.5 Å². The highest BCUT2D eigenvalue weighted by Crippen LogP contribution is 2.23. The van der Waals surface area contributed by atoms with Crippen LogP contribution in [-0.4, -0.2) is 12.2 Å². The molecule has 4 heteroatoms. The molecule has 2 aromatic carbocycles. The first-order chi connectivity index (χ1) is 10.3. The number of aliphatic hydroxyl groups excluding tert-OH is 1. The van der Waals surface area contributed by atoms with Gasteiger partial charge in [0.1, 0.15) is 11.8 Å². The van der Waals surface area contributed by atoms with E-state index in [2.05, 4.69) is 6.07 Å². The summed E-state index contributed by atoms with van der Waals surface area (Å²) in [7, 11) is 1.57. The molecule has 0 spiro atoms. The number of methoxy groups -OCH3 is 1. The van der Waals surface area contributed by atoms with Crippen LogP contribution in [0.2, 0.25) is 0 Å². The van der Waals surface area contributed by atoms with E-state index in [4.69, 9.17) is 15.1 Å². The number of thioether (sulfide) groups is 1. The van der Waals surface area contributed by atoms with Gasteiger partial charge in [-0.15, -0.1) is 0 Å². The van der Waals surface area contributed by atoms with E-state index in [-0.39, 0.29) is 6.61 Å². The minimum Gasteiger partial charge on any atom is -0.495 e. The molecule has 0 saturated heterocycles. The van der Waals surface area contributed by atoms with Gasteiger partial charge in [-0.3, -0.25) is 0 Å². The van der Waals surface area contributed by atoms with E-state index in [0.717, 1.165) is 22.6 Å². The average Bonchev–Trinajstić information content (AvgIpc) is 2.55. The minimum absolute atomic E-state index is 0.0796. The van der Waals surface area contributed by atoms with Crippen LogP contribution in [0.4, 0.5) is 0 Å². The number of rotatable bonds is 6. The highest BCUT2D eigenvalue weighted by molar-refractivity contribution is 7.97. The molecule has 0 aliphatic rings. The SMILES string of the molecule is COc1ccc(CSCc2ccc(CO)cc2)cc1C#N. The van der Waals surface area contributed by atoms with E-state index in [1.54, 1.807) is 18.9 Å². The molecule has 0 aliphatic carbocycles. The zero-order valence-electron chi connectivity index (χ0n) is 11.9. The van der Waals surface area contributed by atoms with E-state index >= 15 is 0 Å². The maximum absolute atomic E-state index is 9.07. The molecular weight excluding hydrogens is 282 g/mol. The average molecular weight is 299 g/mol. The predicted octanol–water partition coefficient (Wildman–Crippen LogP) is 3.49. The third-order valence-electron chi connectivity index (χ3n) is 3.13. The van der Waals surface area contributed by atoms with Gasteiger partial charge in [-0.2, -0.15) is 17.0 Å². The Labute approximate surface area is 129 Å². The molecule has 0 aliphatic heterocycles. The highest BCUT2D eigenvalue weighted by atomic mass is 32.2. The molecule has 0 aromatic heterocycles. The number of hydrogen-bond acceptors (Lipinski definition) is 4. The third kappa shape index (κ3) is 4.25. The Morgan fingerprint density at radius 3 is 2.29 bits per heavy atom. The molecule has 0 radical (unpaired) electrons. The van der Waals surface area contributed by atoms with Gasteiger partial charge >= 0.3 is 0 Å². The molecule has 1 N–H and O–H groups in total. The second-order valence-corrected chi connectivity index (χ2v) is 5.60. The Morgan fingerprint density at radius 2 is 1.67 bits per heavy atom. The molecule has 0 fully saturated rings. The van der Waals surface area contributed by atoms with Crippen molar-refractivity contribution in [2.45, 2.75) is 18.1 Å². The highest BCUT2D eigenvalue weighted by Gasteiger charge is 2.04. The van der Waals surface area contributed by atoms with E-state index in [1.165, 1.54) is 5.56 Å². The summed E-state index contributed by atoms with van der Waals surface area (Å²) in [4.78, 5) is 0. The van der Waals surface area contributed by atoms with Gasteiger partial charge < -0.3 is 9.84 Å². The maximum Gasteiger partial charge on any atom is 0.136 e. The second-order valence-electron chi connectivity index (χ2n) is 4.61. The number of nitrogens with zero attached hydrogens (tertiary/aromatic N) is 1. The number of aliphatic hydroxyl groups is 1. The Hall–Kier alpha value is -1.96. The molecule has 0 unspecified atom stereocenters. The van der Waals surface area contributed by atoms with Crippen LogP contribution in [0.15, 0.2) is 42.5 Å². The van der Waals surface area contributed by atoms with Gasteiger partial charge in [-0.05, 0) is 28.8 Å². The van der Waals surface area contributed by atoms with Crippen LogP contribution >= 0.6 is 11.8 Å². The molecule has 3 nitrogen and oxygen atoms in total. The monoisotopic (exact) mass is 299 g/mol. The van der Waals surface area contributed by atoms with Gasteiger partial charge in [0.2, 0.25) is 0 Å². The summed E-state index contributed by atoms with van der Waals surface area (Å²) < 4.78 is 5.14. The predicted molar refractivity (Wildman–Crippen MR) is 85.1 cm³/mol. The van der Waals surface area contributed by atoms with E-state index in [9.17, 15) is 0 Å². The Bertz CT molecular complexity index is 632. The topological polar surface area (TPSA) is 53.2 Å². The molecule has 0 bridgehead atoms. The number of nitriles is 1. The van der Waals surface area contributed by atoms with Crippen LogP contribution in [0, 0.1) is 11.3 Å². The molecule has 21 heavy (non-hydrogen) atoms. The smallest absolute Gasteiger partial charge is 0.136 e. The summed E-state index contributed by atoms with van der Waals surface area (Å²) in [5, 5.41) is 18.1.